The summed E-state index contributed by atoms with van der Waals surface area (Å²) in [5.74, 6) is 2.88. The van der Waals surface area contributed by atoms with E-state index in [9.17, 15) is 5.11 Å². The van der Waals surface area contributed by atoms with Crippen molar-refractivity contribution in [2.75, 3.05) is 0 Å². The summed E-state index contributed by atoms with van der Waals surface area (Å²) in [5.41, 5.74) is 10.2. The van der Waals surface area contributed by atoms with Crippen LogP contribution in [0.1, 0.15) is 126 Å². The van der Waals surface area contributed by atoms with Crippen LogP contribution in [0.3, 0.4) is 0 Å². The minimum absolute atomic E-state index is 0.0496. The van der Waals surface area contributed by atoms with E-state index in [1.807, 2.05) is 0 Å². The Labute approximate surface area is 205 Å². The van der Waals surface area contributed by atoms with E-state index in [0.29, 0.717) is 22.7 Å². The van der Waals surface area contributed by atoms with Crippen molar-refractivity contribution >= 4 is 0 Å². The number of aliphatic hydroxyl groups excluding tert-OH is 1. The van der Waals surface area contributed by atoms with Crippen molar-refractivity contribution in [3.8, 4) is 0 Å². The van der Waals surface area contributed by atoms with E-state index >= 15 is 0 Å². The lowest BCUT2D eigenvalue weighted by molar-refractivity contribution is -0.168. The highest BCUT2D eigenvalue weighted by Crippen LogP contribution is 2.77. The molecule has 0 bridgehead atoms. The van der Waals surface area contributed by atoms with Crippen molar-refractivity contribution in [2.45, 2.75) is 138 Å². The van der Waals surface area contributed by atoms with Crippen molar-refractivity contribution in [2.24, 2.45) is 51.1 Å². The van der Waals surface area contributed by atoms with E-state index in [4.69, 9.17) is 5.73 Å². The molecule has 4 rings (SSSR count). The van der Waals surface area contributed by atoms with Gasteiger partial charge in [0.25, 0.3) is 0 Å². The Kier molecular flexibility index (Phi) is 6.52. The molecular weight excluding hydrogens is 402 g/mol. The Hall–Kier alpha value is -0.340. The van der Waals surface area contributed by atoms with E-state index < -0.39 is 0 Å². The van der Waals surface area contributed by atoms with Gasteiger partial charge in [-0.2, -0.15) is 0 Å². The van der Waals surface area contributed by atoms with E-state index in [-0.39, 0.29) is 22.5 Å². The number of nitrogens with two attached hydrogens (primary N) is 1. The molecule has 3 saturated carbocycles. The third-order valence-electron chi connectivity index (χ3n) is 13.3. The third-order valence-corrected chi connectivity index (χ3v) is 13.3. The maximum absolute atomic E-state index is 10.4. The Morgan fingerprint density at radius 2 is 1.64 bits per heavy atom. The number of allylic oxidation sites excluding steroid dienone is 1. The van der Waals surface area contributed by atoms with Crippen molar-refractivity contribution in [1.29, 1.82) is 0 Å². The fourth-order valence-electron chi connectivity index (χ4n) is 10.1. The summed E-state index contributed by atoms with van der Waals surface area (Å²) < 4.78 is 0. The molecule has 0 heterocycles. The Morgan fingerprint density at radius 3 is 2.27 bits per heavy atom. The molecule has 0 aromatic carbocycles. The second kappa shape index (κ2) is 8.36. The van der Waals surface area contributed by atoms with Gasteiger partial charge in [0.05, 0.1) is 6.10 Å². The van der Waals surface area contributed by atoms with E-state index in [0.717, 1.165) is 31.1 Å². The molecule has 4 aliphatic rings. The van der Waals surface area contributed by atoms with Gasteiger partial charge in [-0.15, -0.1) is 0 Å². The van der Waals surface area contributed by atoms with Crippen LogP contribution in [-0.2, 0) is 0 Å². The fourth-order valence-corrected chi connectivity index (χ4v) is 10.1. The van der Waals surface area contributed by atoms with Gasteiger partial charge >= 0.3 is 0 Å². The highest BCUT2D eigenvalue weighted by molar-refractivity contribution is 5.32. The highest BCUT2D eigenvalue weighted by Gasteiger charge is 2.72. The molecule has 0 saturated heterocycles. The second-order valence-electron chi connectivity index (χ2n) is 14.3. The summed E-state index contributed by atoms with van der Waals surface area (Å²) in [5, 5.41) is 10.4. The molecule has 4 aliphatic carbocycles. The number of rotatable bonds is 6. The first-order chi connectivity index (χ1) is 15.3. The number of fused-ring (bicyclic) bond motifs is 5. The summed E-state index contributed by atoms with van der Waals surface area (Å²) >= 11 is 0. The molecule has 0 spiro atoms. The Morgan fingerprint density at radius 1 is 0.970 bits per heavy atom. The quantitative estimate of drug-likeness (QED) is 0.398. The van der Waals surface area contributed by atoms with Crippen LogP contribution < -0.4 is 5.73 Å². The average Bonchev–Trinajstić information content (AvgIpc) is 2.97. The van der Waals surface area contributed by atoms with Crippen LogP contribution in [0, 0.1) is 45.3 Å². The monoisotopic (exact) mass is 457 g/mol. The topological polar surface area (TPSA) is 46.2 Å². The first-order valence-electron chi connectivity index (χ1n) is 14.5. The minimum atomic E-state index is -0.129. The van der Waals surface area contributed by atoms with Gasteiger partial charge in [0, 0.05) is 5.54 Å². The zero-order chi connectivity index (χ0) is 24.4. The molecule has 2 heteroatoms. The zero-order valence-corrected chi connectivity index (χ0v) is 23.3. The SMILES string of the molecule is CC[C@H](CC[C@@H](C)C1(N)CC[C@@]2(C)[C@@H]3CC=C4C[C@@H](O)CC[C@]4(C)[C@@]3(C)CC[C@]12C)C(C)C. The molecule has 2 nitrogen and oxygen atoms in total. The third kappa shape index (κ3) is 3.39. The van der Waals surface area contributed by atoms with E-state index in [1.54, 1.807) is 5.57 Å². The molecular formula is C31H55NO. The minimum Gasteiger partial charge on any atom is -0.393 e. The van der Waals surface area contributed by atoms with Gasteiger partial charge in [-0.1, -0.05) is 73.5 Å². The predicted octanol–water partition coefficient (Wildman–Crippen LogP) is 7.89. The molecule has 9 atom stereocenters. The van der Waals surface area contributed by atoms with Crippen molar-refractivity contribution in [1.82, 2.24) is 0 Å². The molecule has 190 valence electrons. The van der Waals surface area contributed by atoms with Gasteiger partial charge in [-0.3, -0.25) is 0 Å². The molecule has 1 unspecified atom stereocenters. The smallest absolute Gasteiger partial charge is 0.0577 e. The van der Waals surface area contributed by atoms with Gasteiger partial charge in [0.15, 0.2) is 0 Å². The molecule has 0 aliphatic heterocycles. The number of hydrogen-bond acceptors (Lipinski definition) is 2. The van der Waals surface area contributed by atoms with Crippen LogP contribution in [0.2, 0.25) is 0 Å². The molecule has 0 amide bonds. The highest BCUT2D eigenvalue weighted by atomic mass is 16.3. The van der Waals surface area contributed by atoms with E-state index in [1.165, 1.54) is 51.4 Å². The summed E-state index contributed by atoms with van der Waals surface area (Å²) in [6.45, 7) is 20.0. The van der Waals surface area contributed by atoms with Crippen LogP contribution in [0.4, 0.5) is 0 Å². The lowest BCUT2D eigenvalue weighted by Gasteiger charge is -2.69. The lowest BCUT2D eigenvalue weighted by Crippen LogP contribution is -2.66. The molecule has 0 aromatic heterocycles. The molecule has 3 N–H and O–H groups in total. The first-order valence-corrected chi connectivity index (χ1v) is 14.5. The van der Waals surface area contributed by atoms with Gasteiger partial charge in [0.2, 0.25) is 0 Å². The number of hydrogen-bond donors (Lipinski definition) is 2. The average molecular weight is 458 g/mol. The van der Waals surface area contributed by atoms with Crippen LogP contribution >= 0.6 is 0 Å². The van der Waals surface area contributed by atoms with Crippen molar-refractivity contribution in [3.63, 3.8) is 0 Å². The van der Waals surface area contributed by atoms with Gasteiger partial charge < -0.3 is 10.8 Å². The van der Waals surface area contributed by atoms with Gasteiger partial charge in [-0.05, 0) is 110 Å². The zero-order valence-electron chi connectivity index (χ0n) is 23.3. The lowest BCUT2D eigenvalue weighted by atomic mass is 9.36. The summed E-state index contributed by atoms with van der Waals surface area (Å²) in [6.07, 6.45) is 15.6. The first kappa shape index (κ1) is 25.7. The van der Waals surface area contributed by atoms with Gasteiger partial charge in [0.1, 0.15) is 0 Å². The Balaban J connectivity index is 1.63. The normalized spacial score (nSPS) is 49.1. The summed E-state index contributed by atoms with van der Waals surface area (Å²) in [6, 6.07) is 0. The summed E-state index contributed by atoms with van der Waals surface area (Å²) in [4.78, 5) is 0. The molecule has 0 radical (unpaired) electrons. The maximum atomic E-state index is 10.4. The molecule has 33 heavy (non-hydrogen) atoms. The predicted molar refractivity (Wildman–Crippen MR) is 141 cm³/mol. The van der Waals surface area contributed by atoms with Crippen LogP contribution in [-0.4, -0.2) is 16.7 Å². The van der Waals surface area contributed by atoms with Crippen molar-refractivity contribution in [3.05, 3.63) is 11.6 Å². The van der Waals surface area contributed by atoms with Crippen molar-refractivity contribution < 1.29 is 5.11 Å². The largest absolute Gasteiger partial charge is 0.393 e. The van der Waals surface area contributed by atoms with Crippen LogP contribution in [0.25, 0.3) is 0 Å². The number of aliphatic hydroxyl groups is 1. The molecule has 0 aromatic rings. The summed E-state index contributed by atoms with van der Waals surface area (Å²) in [7, 11) is 0. The van der Waals surface area contributed by atoms with Crippen LogP contribution in [0.15, 0.2) is 11.6 Å². The standard InChI is InChI=1S/C31H55NO/c1-9-23(21(2)3)11-10-22(4)31(32)19-17-29(7)26-13-12-24-20-25(33)14-15-27(24,5)28(26,6)16-18-30(29,31)8/h12,21-23,25-26,33H,9-11,13-20,32H2,1-8H3/t22-,23-,25+,26-,27+,28+,29+,30+,31?/m1/s1. The maximum Gasteiger partial charge on any atom is 0.0577 e. The second-order valence-corrected chi connectivity index (χ2v) is 14.3. The van der Waals surface area contributed by atoms with Crippen LogP contribution in [0.5, 0.6) is 0 Å². The Bertz CT molecular complexity index is 773. The van der Waals surface area contributed by atoms with E-state index in [2.05, 4.69) is 61.5 Å². The molecule has 3 fully saturated rings. The van der Waals surface area contributed by atoms with Gasteiger partial charge in [-0.25, -0.2) is 0 Å². The fraction of sp³-hybridized carbons (Fsp3) is 0.935.